The van der Waals surface area contributed by atoms with Gasteiger partial charge in [-0.15, -0.1) is 10.2 Å². The number of aromatic nitrogens is 4. The second-order valence-electron chi connectivity index (χ2n) is 4.36. The van der Waals surface area contributed by atoms with E-state index in [0.717, 1.165) is 16.9 Å². The predicted octanol–water partition coefficient (Wildman–Crippen LogP) is 2.40. The molecule has 2 aromatic carbocycles. The number of rotatable bonds is 4. The zero-order valence-electron chi connectivity index (χ0n) is 11.1. The Morgan fingerprint density at radius 3 is 2.70 bits per heavy atom. The number of benzene rings is 2. The summed E-state index contributed by atoms with van der Waals surface area (Å²) in [6, 6.07) is 17.6. The number of hydrogen-bond acceptors (Lipinski definition) is 4. The third-order valence-electron chi connectivity index (χ3n) is 2.94. The van der Waals surface area contributed by atoms with Crippen LogP contribution in [0.15, 0.2) is 54.6 Å². The van der Waals surface area contributed by atoms with Gasteiger partial charge in [-0.2, -0.15) is 4.80 Å². The summed E-state index contributed by atoms with van der Waals surface area (Å²) in [5.74, 6) is 1.46. The van der Waals surface area contributed by atoms with Gasteiger partial charge in [0.25, 0.3) is 0 Å². The molecule has 20 heavy (non-hydrogen) atoms. The van der Waals surface area contributed by atoms with Crippen LogP contribution in [0.3, 0.4) is 0 Å². The molecule has 1 heterocycles. The normalized spacial score (nSPS) is 10.4. The molecule has 0 fully saturated rings. The predicted molar refractivity (Wildman–Crippen MR) is 75.3 cm³/mol. The van der Waals surface area contributed by atoms with Crippen LogP contribution in [0.5, 0.6) is 5.75 Å². The lowest BCUT2D eigenvalue weighted by molar-refractivity contribution is 0.413. The van der Waals surface area contributed by atoms with Gasteiger partial charge in [0.05, 0.1) is 13.7 Å². The van der Waals surface area contributed by atoms with Crippen LogP contribution in [0.2, 0.25) is 0 Å². The second-order valence-corrected chi connectivity index (χ2v) is 4.36. The van der Waals surface area contributed by atoms with Crippen molar-refractivity contribution < 1.29 is 4.74 Å². The Labute approximate surface area is 116 Å². The molecule has 0 spiro atoms. The van der Waals surface area contributed by atoms with E-state index in [2.05, 4.69) is 15.4 Å². The molecule has 0 saturated carbocycles. The Hall–Kier alpha value is -2.69. The largest absolute Gasteiger partial charge is 0.497 e. The molecule has 0 amide bonds. The Morgan fingerprint density at radius 1 is 1.05 bits per heavy atom. The maximum Gasteiger partial charge on any atom is 0.204 e. The lowest BCUT2D eigenvalue weighted by Gasteiger charge is -2.03. The molecule has 0 aliphatic rings. The van der Waals surface area contributed by atoms with Gasteiger partial charge in [0.15, 0.2) is 0 Å². The van der Waals surface area contributed by atoms with E-state index in [9.17, 15) is 0 Å². The highest BCUT2D eigenvalue weighted by molar-refractivity contribution is 5.52. The lowest BCUT2D eigenvalue weighted by atomic mass is 10.2. The number of hydrogen-bond donors (Lipinski definition) is 0. The molecule has 5 heteroatoms. The van der Waals surface area contributed by atoms with Crippen molar-refractivity contribution in [3.05, 3.63) is 60.2 Å². The van der Waals surface area contributed by atoms with Crippen LogP contribution in [0, 0.1) is 0 Å². The van der Waals surface area contributed by atoms with Gasteiger partial charge in [0.1, 0.15) is 5.75 Å². The minimum atomic E-state index is 0.567. The van der Waals surface area contributed by atoms with Crippen molar-refractivity contribution in [1.82, 2.24) is 20.2 Å². The van der Waals surface area contributed by atoms with Crippen molar-refractivity contribution in [2.24, 2.45) is 0 Å². The number of ether oxygens (including phenoxy) is 1. The van der Waals surface area contributed by atoms with Crippen molar-refractivity contribution in [2.75, 3.05) is 7.11 Å². The van der Waals surface area contributed by atoms with Gasteiger partial charge in [-0.1, -0.05) is 42.5 Å². The van der Waals surface area contributed by atoms with Crippen LogP contribution in [0.1, 0.15) is 5.56 Å². The van der Waals surface area contributed by atoms with Crippen LogP contribution in [-0.4, -0.2) is 27.3 Å². The maximum absolute atomic E-state index is 5.20. The first-order valence-electron chi connectivity index (χ1n) is 6.31. The fraction of sp³-hybridized carbons (Fsp3) is 0.133. The summed E-state index contributed by atoms with van der Waals surface area (Å²) in [4.78, 5) is 1.58. The van der Waals surface area contributed by atoms with E-state index in [1.165, 1.54) is 0 Å². The molecule has 0 bridgehead atoms. The zero-order valence-corrected chi connectivity index (χ0v) is 11.1. The monoisotopic (exact) mass is 266 g/mol. The van der Waals surface area contributed by atoms with Crippen LogP contribution in [0.25, 0.3) is 11.4 Å². The van der Waals surface area contributed by atoms with Crippen LogP contribution >= 0.6 is 0 Å². The average Bonchev–Trinajstić information content (AvgIpc) is 2.97. The number of methoxy groups -OCH3 is 1. The summed E-state index contributed by atoms with van der Waals surface area (Å²) >= 11 is 0. The van der Waals surface area contributed by atoms with Gasteiger partial charge in [-0.05, 0) is 22.9 Å². The number of tetrazole rings is 1. The smallest absolute Gasteiger partial charge is 0.204 e. The van der Waals surface area contributed by atoms with Crippen LogP contribution < -0.4 is 4.74 Å². The second kappa shape index (κ2) is 5.52. The highest BCUT2D eigenvalue weighted by Crippen LogP contribution is 2.15. The van der Waals surface area contributed by atoms with E-state index in [-0.39, 0.29) is 0 Å². The molecule has 3 rings (SSSR count). The molecule has 100 valence electrons. The van der Waals surface area contributed by atoms with Gasteiger partial charge in [-0.3, -0.25) is 0 Å². The standard InChI is InChI=1S/C15H14N4O/c1-20-14-9-5-6-12(10-14)11-19-17-15(16-18-19)13-7-3-2-4-8-13/h2-10H,11H2,1H3. The van der Waals surface area contributed by atoms with Crippen LogP contribution in [-0.2, 0) is 6.54 Å². The Bertz CT molecular complexity index is 694. The Kier molecular flexibility index (Phi) is 3.41. The van der Waals surface area contributed by atoms with Crippen molar-refractivity contribution >= 4 is 0 Å². The minimum absolute atomic E-state index is 0.567. The summed E-state index contributed by atoms with van der Waals surface area (Å²) < 4.78 is 5.20. The molecule has 0 radical (unpaired) electrons. The van der Waals surface area contributed by atoms with Gasteiger partial charge in [-0.25, -0.2) is 0 Å². The lowest BCUT2D eigenvalue weighted by Crippen LogP contribution is -2.04. The van der Waals surface area contributed by atoms with E-state index in [0.29, 0.717) is 12.4 Å². The molecular formula is C15H14N4O. The third kappa shape index (κ3) is 2.66. The third-order valence-corrected chi connectivity index (χ3v) is 2.94. The summed E-state index contributed by atoms with van der Waals surface area (Å²) in [6.07, 6.45) is 0. The molecule has 0 unspecified atom stereocenters. The van der Waals surface area contributed by atoms with Gasteiger partial charge in [0.2, 0.25) is 5.82 Å². The summed E-state index contributed by atoms with van der Waals surface area (Å²) in [7, 11) is 1.65. The van der Waals surface area contributed by atoms with E-state index < -0.39 is 0 Å². The highest BCUT2D eigenvalue weighted by Gasteiger charge is 2.06. The van der Waals surface area contributed by atoms with E-state index >= 15 is 0 Å². The minimum Gasteiger partial charge on any atom is -0.497 e. The Morgan fingerprint density at radius 2 is 1.90 bits per heavy atom. The first kappa shape index (κ1) is 12.3. The van der Waals surface area contributed by atoms with Gasteiger partial charge in [0, 0.05) is 5.56 Å². The first-order valence-corrected chi connectivity index (χ1v) is 6.31. The van der Waals surface area contributed by atoms with E-state index in [1.54, 1.807) is 11.9 Å². The SMILES string of the molecule is COc1cccc(Cn2nnc(-c3ccccc3)n2)c1. The molecule has 5 nitrogen and oxygen atoms in total. The fourth-order valence-corrected chi connectivity index (χ4v) is 1.95. The van der Waals surface area contributed by atoms with E-state index in [1.807, 2.05) is 54.6 Å². The molecule has 0 atom stereocenters. The average molecular weight is 266 g/mol. The first-order chi connectivity index (χ1) is 9.85. The highest BCUT2D eigenvalue weighted by atomic mass is 16.5. The van der Waals surface area contributed by atoms with E-state index in [4.69, 9.17) is 4.74 Å². The summed E-state index contributed by atoms with van der Waals surface area (Å²) in [5.41, 5.74) is 2.03. The topological polar surface area (TPSA) is 52.8 Å². The molecule has 3 aromatic rings. The van der Waals surface area contributed by atoms with Crippen molar-refractivity contribution in [3.8, 4) is 17.1 Å². The quantitative estimate of drug-likeness (QED) is 0.727. The fourth-order valence-electron chi connectivity index (χ4n) is 1.95. The molecule has 0 N–H and O–H groups in total. The van der Waals surface area contributed by atoms with Gasteiger partial charge < -0.3 is 4.74 Å². The van der Waals surface area contributed by atoms with Crippen molar-refractivity contribution in [3.63, 3.8) is 0 Å². The summed E-state index contributed by atoms with van der Waals surface area (Å²) in [5, 5.41) is 12.5. The van der Waals surface area contributed by atoms with Gasteiger partial charge >= 0.3 is 0 Å². The van der Waals surface area contributed by atoms with Crippen molar-refractivity contribution in [1.29, 1.82) is 0 Å². The zero-order chi connectivity index (χ0) is 13.8. The molecule has 0 saturated heterocycles. The summed E-state index contributed by atoms with van der Waals surface area (Å²) in [6.45, 7) is 0.567. The molecule has 1 aromatic heterocycles. The number of nitrogens with zero attached hydrogens (tertiary/aromatic N) is 4. The molecular weight excluding hydrogens is 252 g/mol. The maximum atomic E-state index is 5.20. The molecule has 0 aliphatic carbocycles. The van der Waals surface area contributed by atoms with Crippen molar-refractivity contribution in [2.45, 2.75) is 6.54 Å². The molecule has 0 aliphatic heterocycles. The Balaban J connectivity index is 1.80. The van der Waals surface area contributed by atoms with Crippen LogP contribution in [0.4, 0.5) is 0 Å².